The monoisotopic (exact) mass is 449 g/mol. The predicted molar refractivity (Wildman–Crippen MR) is 132 cm³/mol. The minimum absolute atomic E-state index is 0.446. The van der Waals surface area contributed by atoms with Crippen LogP contribution < -0.4 is 4.74 Å². The van der Waals surface area contributed by atoms with Crippen LogP contribution in [0.2, 0.25) is 0 Å². The fourth-order valence-electron chi connectivity index (χ4n) is 3.75. The van der Waals surface area contributed by atoms with E-state index >= 15 is 0 Å². The molecular weight excluding hydrogens is 414 g/mol. The topological polar surface area (TPSA) is 59.8 Å². The Labute approximate surface area is 197 Å². The SMILES string of the molecule is C=CCC[C@H](O)CN(CCOC)Cc1c(-c2ccccc2)nn(C)c1Oc1ccc(C)cc1. The maximum Gasteiger partial charge on any atom is 0.222 e. The lowest BCUT2D eigenvalue weighted by atomic mass is 10.1. The molecule has 0 amide bonds. The minimum atomic E-state index is -0.446. The molecule has 1 aromatic heterocycles. The first kappa shape index (κ1) is 24.7. The number of hydrogen-bond donors (Lipinski definition) is 1. The summed E-state index contributed by atoms with van der Waals surface area (Å²) in [6.45, 7) is 8.19. The van der Waals surface area contributed by atoms with E-state index in [1.165, 1.54) is 5.56 Å². The van der Waals surface area contributed by atoms with E-state index in [1.54, 1.807) is 11.8 Å². The number of methoxy groups -OCH3 is 1. The lowest BCUT2D eigenvalue weighted by molar-refractivity contribution is 0.0806. The van der Waals surface area contributed by atoms with E-state index in [1.807, 2.05) is 55.6 Å². The van der Waals surface area contributed by atoms with Crippen LogP contribution in [-0.2, 0) is 18.3 Å². The van der Waals surface area contributed by atoms with Gasteiger partial charge in [-0.05, 0) is 31.9 Å². The molecule has 0 aliphatic rings. The van der Waals surface area contributed by atoms with Crippen LogP contribution in [0.15, 0.2) is 67.3 Å². The number of rotatable bonds is 13. The first-order valence-electron chi connectivity index (χ1n) is 11.4. The standard InChI is InChI=1S/C27H35N3O3/c1-5-6-12-23(31)19-30(17-18-32-4)20-25-26(22-10-8-7-9-11-22)28-29(3)27(25)33-24-15-13-21(2)14-16-24/h5,7-11,13-16,23,31H,1,6,12,17-20H2,2-4H3/t23-/m0/s1. The van der Waals surface area contributed by atoms with Crippen molar-refractivity contribution < 1.29 is 14.6 Å². The Hall–Kier alpha value is -2.93. The van der Waals surface area contributed by atoms with Gasteiger partial charge < -0.3 is 14.6 Å². The van der Waals surface area contributed by atoms with Gasteiger partial charge in [-0.2, -0.15) is 5.10 Å². The summed E-state index contributed by atoms with van der Waals surface area (Å²) < 4.78 is 13.5. The largest absolute Gasteiger partial charge is 0.439 e. The molecule has 6 nitrogen and oxygen atoms in total. The van der Waals surface area contributed by atoms with E-state index in [0.29, 0.717) is 38.5 Å². The van der Waals surface area contributed by atoms with Crippen molar-refractivity contribution in [3.63, 3.8) is 0 Å². The molecule has 6 heteroatoms. The van der Waals surface area contributed by atoms with Crippen molar-refractivity contribution in [2.24, 2.45) is 7.05 Å². The highest BCUT2D eigenvalue weighted by Crippen LogP contribution is 2.34. The molecule has 0 bridgehead atoms. The van der Waals surface area contributed by atoms with Crippen LogP contribution in [-0.4, -0.2) is 52.7 Å². The van der Waals surface area contributed by atoms with E-state index in [2.05, 4.69) is 30.5 Å². The summed E-state index contributed by atoms with van der Waals surface area (Å²) in [7, 11) is 3.59. The van der Waals surface area contributed by atoms with Crippen molar-refractivity contribution in [1.82, 2.24) is 14.7 Å². The Morgan fingerprint density at radius 3 is 2.55 bits per heavy atom. The van der Waals surface area contributed by atoms with Gasteiger partial charge in [0, 0.05) is 39.4 Å². The second-order valence-electron chi connectivity index (χ2n) is 8.28. The van der Waals surface area contributed by atoms with Gasteiger partial charge in [0.05, 0.1) is 18.3 Å². The molecule has 0 saturated carbocycles. The maximum absolute atomic E-state index is 10.6. The maximum atomic E-state index is 10.6. The molecule has 176 valence electrons. The minimum Gasteiger partial charge on any atom is -0.439 e. The zero-order valence-corrected chi connectivity index (χ0v) is 19.9. The van der Waals surface area contributed by atoms with Gasteiger partial charge >= 0.3 is 0 Å². The summed E-state index contributed by atoms with van der Waals surface area (Å²) in [5.41, 5.74) is 4.07. The Morgan fingerprint density at radius 2 is 1.88 bits per heavy atom. The molecule has 3 rings (SSSR count). The number of hydrogen-bond acceptors (Lipinski definition) is 5. The van der Waals surface area contributed by atoms with Gasteiger partial charge in [-0.25, -0.2) is 4.68 Å². The number of aliphatic hydroxyl groups is 1. The van der Waals surface area contributed by atoms with Crippen LogP contribution >= 0.6 is 0 Å². The first-order chi connectivity index (χ1) is 16.0. The Morgan fingerprint density at radius 1 is 1.15 bits per heavy atom. The smallest absolute Gasteiger partial charge is 0.222 e. The van der Waals surface area contributed by atoms with Gasteiger partial charge in [0.25, 0.3) is 0 Å². The number of allylic oxidation sites excluding steroid dienone is 1. The fraction of sp³-hybridized carbons (Fsp3) is 0.370. The Balaban J connectivity index is 1.96. The van der Waals surface area contributed by atoms with E-state index in [4.69, 9.17) is 14.6 Å². The second-order valence-corrected chi connectivity index (χ2v) is 8.28. The predicted octanol–water partition coefficient (Wildman–Crippen LogP) is 4.96. The van der Waals surface area contributed by atoms with Crippen LogP contribution in [0.3, 0.4) is 0 Å². The molecule has 0 aliphatic heterocycles. The average Bonchev–Trinajstić information content (AvgIpc) is 3.13. The van der Waals surface area contributed by atoms with Crippen LogP contribution in [0.25, 0.3) is 11.3 Å². The van der Waals surface area contributed by atoms with Gasteiger partial charge in [0.2, 0.25) is 5.88 Å². The lowest BCUT2D eigenvalue weighted by Gasteiger charge is -2.25. The fourth-order valence-corrected chi connectivity index (χ4v) is 3.75. The van der Waals surface area contributed by atoms with E-state index < -0.39 is 6.10 Å². The molecule has 0 fully saturated rings. The third kappa shape index (κ3) is 7.02. The van der Waals surface area contributed by atoms with Crippen LogP contribution in [0.1, 0.15) is 24.0 Å². The average molecular weight is 450 g/mol. The highest BCUT2D eigenvalue weighted by molar-refractivity contribution is 5.65. The Kier molecular flexibility index (Phi) is 9.24. The van der Waals surface area contributed by atoms with E-state index in [9.17, 15) is 5.11 Å². The van der Waals surface area contributed by atoms with Crippen molar-refractivity contribution in [2.45, 2.75) is 32.4 Å². The zero-order valence-electron chi connectivity index (χ0n) is 19.9. The van der Waals surface area contributed by atoms with Gasteiger partial charge in [0.15, 0.2) is 0 Å². The molecule has 2 aromatic carbocycles. The van der Waals surface area contributed by atoms with Crippen LogP contribution in [0.4, 0.5) is 0 Å². The number of ether oxygens (including phenoxy) is 2. The molecular formula is C27H35N3O3. The summed E-state index contributed by atoms with van der Waals surface area (Å²) in [5.74, 6) is 1.46. The Bertz CT molecular complexity index is 999. The molecule has 0 saturated heterocycles. The molecule has 1 N–H and O–H groups in total. The normalized spacial score (nSPS) is 12.2. The van der Waals surface area contributed by atoms with Crippen molar-refractivity contribution in [1.29, 1.82) is 0 Å². The summed E-state index contributed by atoms with van der Waals surface area (Å²) >= 11 is 0. The molecule has 1 heterocycles. The van der Waals surface area contributed by atoms with Crippen molar-refractivity contribution in [2.75, 3.05) is 26.8 Å². The molecule has 33 heavy (non-hydrogen) atoms. The number of benzene rings is 2. The molecule has 1 atom stereocenters. The highest BCUT2D eigenvalue weighted by Gasteiger charge is 2.23. The second kappa shape index (κ2) is 12.3. The summed E-state index contributed by atoms with van der Waals surface area (Å²) in [6, 6.07) is 18.1. The van der Waals surface area contributed by atoms with E-state index in [0.717, 1.165) is 29.0 Å². The lowest BCUT2D eigenvalue weighted by Crippen LogP contribution is -2.34. The summed E-state index contributed by atoms with van der Waals surface area (Å²) in [4.78, 5) is 2.20. The number of nitrogens with zero attached hydrogens (tertiary/aromatic N) is 3. The van der Waals surface area contributed by atoms with Crippen LogP contribution in [0.5, 0.6) is 11.6 Å². The van der Waals surface area contributed by atoms with Crippen molar-refractivity contribution in [3.8, 4) is 22.9 Å². The number of aromatic nitrogens is 2. The molecule has 0 aliphatic carbocycles. The highest BCUT2D eigenvalue weighted by atomic mass is 16.5. The number of aliphatic hydroxyl groups excluding tert-OH is 1. The first-order valence-corrected chi connectivity index (χ1v) is 11.4. The zero-order chi connectivity index (χ0) is 23.6. The van der Waals surface area contributed by atoms with Gasteiger partial charge in [-0.15, -0.1) is 6.58 Å². The number of aryl methyl sites for hydroxylation is 2. The van der Waals surface area contributed by atoms with E-state index in [-0.39, 0.29) is 0 Å². The van der Waals surface area contributed by atoms with Gasteiger partial charge in [-0.1, -0.05) is 54.1 Å². The van der Waals surface area contributed by atoms with Gasteiger partial charge in [0.1, 0.15) is 11.4 Å². The summed E-state index contributed by atoms with van der Waals surface area (Å²) in [6.07, 6.45) is 2.85. The van der Waals surface area contributed by atoms with Gasteiger partial charge in [-0.3, -0.25) is 4.90 Å². The summed E-state index contributed by atoms with van der Waals surface area (Å²) in [5, 5.41) is 15.4. The molecule has 0 spiro atoms. The quantitative estimate of drug-likeness (QED) is 0.374. The van der Waals surface area contributed by atoms with Crippen LogP contribution in [0, 0.1) is 6.92 Å². The van der Waals surface area contributed by atoms with Crippen molar-refractivity contribution >= 4 is 0 Å². The molecule has 0 radical (unpaired) electrons. The third-order valence-corrected chi connectivity index (χ3v) is 5.54. The molecule has 0 unspecified atom stereocenters. The van der Waals surface area contributed by atoms with Crippen molar-refractivity contribution in [3.05, 3.63) is 78.4 Å². The third-order valence-electron chi connectivity index (χ3n) is 5.54. The molecule has 3 aromatic rings.